The topological polar surface area (TPSA) is 38.7 Å². The summed E-state index contributed by atoms with van der Waals surface area (Å²) in [7, 11) is 2.19. The van der Waals surface area contributed by atoms with Gasteiger partial charge < -0.3 is 15.3 Å². The monoisotopic (exact) mass is 243 g/mol. The Labute approximate surface area is 106 Å². The molecule has 1 fully saturated rings. The van der Waals surface area contributed by atoms with E-state index in [1.807, 2.05) is 0 Å². The molecule has 0 aromatic heterocycles. The first-order chi connectivity index (χ1) is 8.02. The Kier molecular flexibility index (Phi) is 6.41. The van der Waals surface area contributed by atoms with E-state index < -0.39 is 0 Å². The molecule has 0 aliphatic carbocycles. The van der Waals surface area contributed by atoms with Crippen molar-refractivity contribution in [2.75, 3.05) is 39.8 Å². The lowest BCUT2D eigenvalue weighted by Gasteiger charge is -2.32. The second-order valence-corrected chi connectivity index (χ2v) is 5.66. The minimum absolute atomic E-state index is 0.195. The summed E-state index contributed by atoms with van der Waals surface area (Å²) in [5.41, 5.74) is 0. The van der Waals surface area contributed by atoms with Crippen molar-refractivity contribution in [1.82, 2.24) is 15.1 Å². The number of nitrogens with zero attached hydrogens (tertiary/aromatic N) is 2. The third kappa shape index (κ3) is 5.34. The number of aliphatic hydroxyl groups is 1. The number of nitrogens with one attached hydrogen (secondary N) is 1. The molecule has 0 radical (unpaired) electrons. The summed E-state index contributed by atoms with van der Waals surface area (Å²) in [4.78, 5) is 4.90. The Morgan fingerprint density at radius 1 is 1.35 bits per heavy atom. The molecule has 2 atom stereocenters. The van der Waals surface area contributed by atoms with Crippen LogP contribution in [0.5, 0.6) is 0 Å². The van der Waals surface area contributed by atoms with Crippen LogP contribution in [0, 0.1) is 0 Å². The number of rotatable bonds is 5. The minimum Gasteiger partial charge on any atom is -0.395 e. The summed E-state index contributed by atoms with van der Waals surface area (Å²) >= 11 is 0. The summed E-state index contributed by atoms with van der Waals surface area (Å²) in [6.07, 6.45) is 1.22. The molecule has 4 nitrogen and oxygen atoms in total. The van der Waals surface area contributed by atoms with Crippen molar-refractivity contribution >= 4 is 0 Å². The van der Waals surface area contributed by atoms with Gasteiger partial charge >= 0.3 is 0 Å². The highest BCUT2D eigenvalue weighted by atomic mass is 16.3. The first-order valence-electron chi connectivity index (χ1n) is 6.82. The predicted molar refractivity (Wildman–Crippen MR) is 72.3 cm³/mol. The highest BCUT2D eigenvalue weighted by Crippen LogP contribution is 2.09. The lowest BCUT2D eigenvalue weighted by atomic mass is 10.2. The van der Waals surface area contributed by atoms with Crippen LogP contribution in [0.4, 0.5) is 0 Å². The van der Waals surface area contributed by atoms with Gasteiger partial charge in [-0.05, 0) is 33.5 Å². The summed E-state index contributed by atoms with van der Waals surface area (Å²) < 4.78 is 0. The van der Waals surface area contributed by atoms with Crippen LogP contribution in [0.2, 0.25) is 0 Å². The highest BCUT2D eigenvalue weighted by Gasteiger charge is 2.22. The third-order valence-electron chi connectivity index (χ3n) is 3.43. The first-order valence-corrected chi connectivity index (χ1v) is 6.82. The van der Waals surface area contributed by atoms with Gasteiger partial charge in [0.25, 0.3) is 0 Å². The normalized spacial score (nSPS) is 26.1. The average Bonchev–Trinajstić information content (AvgIpc) is 2.39. The van der Waals surface area contributed by atoms with Gasteiger partial charge in [-0.1, -0.05) is 13.8 Å². The molecule has 17 heavy (non-hydrogen) atoms. The van der Waals surface area contributed by atoms with Gasteiger partial charge in [0.05, 0.1) is 6.61 Å². The van der Waals surface area contributed by atoms with Crippen LogP contribution in [-0.4, -0.2) is 72.9 Å². The second-order valence-electron chi connectivity index (χ2n) is 5.66. The van der Waals surface area contributed by atoms with Crippen molar-refractivity contribution in [1.29, 1.82) is 0 Å². The van der Waals surface area contributed by atoms with E-state index in [0.717, 1.165) is 19.6 Å². The van der Waals surface area contributed by atoms with E-state index in [0.29, 0.717) is 12.1 Å². The molecule has 0 saturated carbocycles. The summed E-state index contributed by atoms with van der Waals surface area (Å²) in [6.45, 7) is 11.2. The molecule has 4 heteroatoms. The van der Waals surface area contributed by atoms with Gasteiger partial charge in [-0.25, -0.2) is 0 Å². The van der Waals surface area contributed by atoms with Crippen molar-refractivity contribution in [2.45, 2.75) is 45.3 Å². The molecule has 2 unspecified atom stereocenters. The van der Waals surface area contributed by atoms with Gasteiger partial charge in [0, 0.05) is 31.2 Å². The van der Waals surface area contributed by atoms with Crippen LogP contribution < -0.4 is 5.32 Å². The zero-order valence-electron chi connectivity index (χ0n) is 11.8. The molecule has 0 aromatic carbocycles. The van der Waals surface area contributed by atoms with Crippen molar-refractivity contribution in [3.63, 3.8) is 0 Å². The van der Waals surface area contributed by atoms with Crippen LogP contribution in [0.1, 0.15) is 27.2 Å². The Hall–Kier alpha value is -0.160. The molecule has 1 aliphatic heterocycles. The molecular weight excluding hydrogens is 214 g/mol. The fraction of sp³-hybridized carbons (Fsp3) is 1.00. The van der Waals surface area contributed by atoms with Crippen molar-refractivity contribution < 1.29 is 5.11 Å². The van der Waals surface area contributed by atoms with Gasteiger partial charge in [0.1, 0.15) is 0 Å². The second kappa shape index (κ2) is 7.31. The maximum absolute atomic E-state index is 9.41. The van der Waals surface area contributed by atoms with E-state index in [2.05, 4.69) is 42.9 Å². The standard InChI is InChI=1S/C13H29N3O/c1-11(2)14-13(10-17)9-16-7-5-6-15(4)8-12(16)3/h11-14,17H,5-10H2,1-4H3. The number of hydrogen-bond acceptors (Lipinski definition) is 4. The van der Waals surface area contributed by atoms with E-state index in [1.165, 1.54) is 13.0 Å². The van der Waals surface area contributed by atoms with E-state index >= 15 is 0 Å². The fourth-order valence-corrected chi connectivity index (χ4v) is 2.61. The molecule has 1 heterocycles. The Morgan fingerprint density at radius 3 is 2.65 bits per heavy atom. The zero-order valence-corrected chi connectivity index (χ0v) is 11.8. The highest BCUT2D eigenvalue weighted by molar-refractivity contribution is 4.80. The molecule has 0 amide bonds. The Bertz CT molecular complexity index is 211. The van der Waals surface area contributed by atoms with Gasteiger partial charge in [0.2, 0.25) is 0 Å². The molecule has 1 rings (SSSR count). The molecule has 0 spiro atoms. The first kappa shape index (κ1) is 14.9. The molecular formula is C13H29N3O. The van der Waals surface area contributed by atoms with Crippen LogP contribution in [-0.2, 0) is 0 Å². The van der Waals surface area contributed by atoms with Gasteiger partial charge in [-0.2, -0.15) is 0 Å². The molecule has 1 aliphatic rings. The fourth-order valence-electron chi connectivity index (χ4n) is 2.61. The van der Waals surface area contributed by atoms with Gasteiger partial charge in [-0.3, -0.25) is 4.90 Å². The van der Waals surface area contributed by atoms with Crippen molar-refractivity contribution in [3.05, 3.63) is 0 Å². The largest absolute Gasteiger partial charge is 0.395 e. The Balaban J connectivity index is 2.46. The smallest absolute Gasteiger partial charge is 0.0597 e. The quantitative estimate of drug-likeness (QED) is 0.732. The molecule has 1 saturated heterocycles. The molecule has 2 N–H and O–H groups in total. The third-order valence-corrected chi connectivity index (χ3v) is 3.43. The minimum atomic E-state index is 0.195. The van der Waals surface area contributed by atoms with E-state index in [1.54, 1.807) is 0 Å². The maximum Gasteiger partial charge on any atom is 0.0597 e. The van der Waals surface area contributed by atoms with Crippen LogP contribution in [0.3, 0.4) is 0 Å². The summed E-state index contributed by atoms with van der Waals surface area (Å²) in [6, 6.07) is 1.20. The van der Waals surface area contributed by atoms with Crippen LogP contribution in [0.15, 0.2) is 0 Å². The number of hydrogen-bond donors (Lipinski definition) is 2. The van der Waals surface area contributed by atoms with Gasteiger partial charge in [0.15, 0.2) is 0 Å². The van der Waals surface area contributed by atoms with E-state index in [-0.39, 0.29) is 12.6 Å². The summed E-state index contributed by atoms with van der Waals surface area (Å²) in [5.74, 6) is 0. The zero-order chi connectivity index (χ0) is 12.8. The number of aliphatic hydroxyl groups excluding tert-OH is 1. The lowest BCUT2D eigenvalue weighted by molar-refractivity contribution is 0.146. The lowest BCUT2D eigenvalue weighted by Crippen LogP contribution is -2.49. The van der Waals surface area contributed by atoms with Crippen molar-refractivity contribution in [3.8, 4) is 0 Å². The molecule has 102 valence electrons. The van der Waals surface area contributed by atoms with E-state index in [4.69, 9.17) is 0 Å². The van der Waals surface area contributed by atoms with Crippen LogP contribution in [0.25, 0.3) is 0 Å². The Morgan fingerprint density at radius 2 is 2.06 bits per heavy atom. The van der Waals surface area contributed by atoms with E-state index in [9.17, 15) is 5.11 Å². The summed E-state index contributed by atoms with van der Waals surface area (Å²) in [5, 5.41) is 12.8. The molecule has 0 bridgehead atoms. The van der Waals surface area contributed by atoms with Gasteiger partial charge in [-0.15, -0.1) is 0 Å². The predicted octanol–water partition coefficient (Wildman–Crippen LogP) is 0.371. The van der Waals surface area contributed by atoms with Crippen molar-refractivity contribution in [2.24, 2.45) is 0 Å². The average molecular weight is 243 g/mol. The molecule has 0 aromatic rings. The number of likely N-dealkylation sites (N-methyl/N-ethyl adjacent to an activating group) is 1. The SMILES string of the molecule is CC(C)NC(CO)CN1CCCN(C)CC1C. The maximum atomic E-state index is 9.41. The van der Waals surface area contributed by atoms with Crippen LogP contribution >= 0.6 is 0 Å².